The summed E-state index contributed by atoms with van der Waals surface area (Å²) in [6.07, 6.45) is 5.84. The molecule has 24 heavy (non-hydrogen) atoms. The summed E-state index contributed by atoms with van der Waals surface area (Å²) >= 11 is 0. The van der Waals surface area contributed by atoms with E-state index in [9.17, 15) is 9.90 Å². The van der Waals surface area contributed by atoms with Crippen molar-refractivity contribution in [3.63, 3.8) is 0 Å². The molecule has 1 aromatic heterocycles. The van der Waals surface area contributed by atoms with Crippen LogP contribution < -0.4 is 5.32 Å². The predicted molar refractivity (Wildman–Crippen MR) is 95.9 cm³/mol. The van der Waals surface area contributed by atoms with Crippen molar-refractivity contribution in [2.24, 2.45) is 0 Å². The fraction of sp³-hybridized carbons (Fsp3) is 0.526. The normalized spacial score (nSPS) is 16.5. The van der Waals surface area contributed by atoms with Crippen LogP contribution in [0.1, 0.15) is 31.2 Å². The van der Waals surface area contributed by atoms with Gasteiger partial charge in [0.2, 0.25) is 5.91 Å². The molecule has 0 saturated carbocycles. The molecule has 1 amide bonds. The number of hydrogen-bond donors (Lipinski definition) is 3. The number of H-pyrrole nitrogens is 1. The molecule has 3 rings (SSSR count). The van der Waals surface area contributed by atoms with E-state index in [4.69, 9.17) is 0 Å². The van der Waals surface area contributed by atoms with Gasteiger partial charge in [0.1, 0.15) is 0 Å². The van der Waals surface area contributed by atoms with Crippen LogP contribution in [0.15, 0.2) is 30.5 Å². The van der Waals surface area contributed by atoms with Gasteiger partial charge in [-0.25, -0.2) is 0 Å². The van der Waals surface area contributed by atoms with Crippen molar-refractivity contribution in [3.05, 3.63) is 36.0 Å². The van der Waals surface area contributed by atoms with Crippen molar-refractivity contribution in [1.29, 1.82) is 0 Å². The molecule has 1 fully saturated rings. The number of amides is 1. The van der Waals surface area contributed by atoms with Gasteiger partial charge in [0.05, 0.1) is 6.10 Å². The zero-order valence-corrected chi connectivity index (χ0v) is 14.1. The molecular formula is C19H27N3O2. The first kappa shape index (κ1) is 17.0. The van der Waals surface area contributed by atoms with Crippen LogP contribution in [0.5, 0.6) is 0 Å². The molecular weight excluding hydrogens is 302 g/mol. The number of benzene rings is 1. The van der Waals surface area contributed by atoms with Crippen molar-refractivity contribution in [3.8, 4) is 0 Å². The number of fused-ring (bicyclic) bond motifs is 1. The summed E-state index contributed by atoms with van der Waals surface area (Å²) < 4.78 is 0. The third-order valence-electron chi connectivity index (χ3n) is 4.79. The maximum atomic E-state index is 12.0. The largest absolute Gasteiger partial charge is 0.393 e. The second-order valence-corrected chi connectivity index (χ2v) is 6.68. The number of nitrogens with zero attached hydrogens (tertiary/aromatic N) is 1. The molecule has 3 N–H and O–H groups in total. The van der Waals surface area contributed by atoms with Gasteiger partial charge in [0.25, 0.3) is 0 Å². The van der Waals surface area contributed by atoms with Gasteiger partial charge in [0, 0.05) is 37.8 Å². The summed E-state index contributed by atoms with van der Waals surface area (Å²) in [7, 11) is 0. The molecule has 1 saturated heterocycles. The van der Waals surface area contributed by atoms with E-state index in [0.29, 0.717) is 6.42 Å². The van der Waals surface area contributed by atoms with Gasteiger partial charge in [-0.1, -0.05) is 6.07 Å². The van der Waals surface area contributed by atoms with E-state index in [1.54, 1.807) is 0 Å². The number of aryl methyl sites for hydroxylation is 1. The molecule has 0 bridgehead atoms. The number of aliphatic hydroxyl groups excluding tert-OH is 1. The quantitative estimate of drug-likeness (QED) is 0.681. The average molecular weight is 329 g/mol. The van der Waals surface area contributed by atoms with Gasteiger partial charge in [0.15, 0.2) is 0 Å². The fourth-order valence-electron chi connectivity index (χ4n) is 3.28. The molecule has 2 heterocycles. The SMILES string of the molecule is O=C(CCc1ccc2[nH]ccc2c1)NCCCN1CCC(O)CC1. The fourth-order valence-corrected chi connectivity index (χ4v) is 3.28. The zero-order chi connectivity index (χ0) is 16.8. The molecule has 1 aromatic carbocycles. The van der Waals surface area contributed by atoms with E-state index in [2.05, 4.69) is 39.5 Å². The van der Waals surface area contributed by atoms with Gasteiger partial charge >= 0.3 is 0 Å². The van der Waals surface area contributed by atoms with E-state index in [1.807, 2.05) is 6.20 Å². The lowest BCUT2D eigenvalue weighted by Crippen LogP contribution is -2.37. The van der Waals surface area contributed by atoms with Crippen LogP contribution in [-0.4, -0.2) is 53.2 Å². The highest BCUT2D eigenvalue weighted by atomic mass is 16.3. The second kappa shape index (κ2) is 8.31. The first-order valence-corrected chi connectivity index (χ1v) is 8.94. The van der Waals surface area contributed by atoms with E-state index < -0.39 is 0 Å². The number of likely N-dealkylation sites (tertiary alicyclic amines) is 1. The summed E-state index contributed by atoms with van der Waals surface area (Å²) in [5.41, 5.74) is 2.33. The average Bonchev–Trinajstić information content (AvgIpc) is 3.06. The number of aromatic nitrogens is 1. The van der Waals surface area contributed by atoms with Crippen LogP contribution in [0.2, 0.25) is 0 Å². The molecule has 1 aliphatic rings. The number of rotatable bonds is 7. The van der Waals surface area contributed by atoms with E-state index in [-0.39, 0.29) is 12.0 Å². The van der Waals surface area contributed by atoms with Crippen LogP contribution in [0.25, 0.3) is 10.9 Å². The summed E-state index contributed by atoms with van der Waals surface area (Å²) in [6, 6.07) is 8.34. The van der Waals surface area contributed by atoms with Gasteiger partial charge < -0.3 is 20.3 Å². The van der Waals surface area contributed by atoms with E-state index in [1.165, 1.54) is 10.9 Å². The predicted octanol–water partition coefficient (Wildman–Crippen LogP) is 2.06. The monoisotopic (exact) mass is 329 g/mol. The third-order valence-corrected chi connectivity index (χ3v) is 4.79. The first-order valence-electron chi connectivity index (χ1n) is 8.94. The molecule has 130 valence electrons. The number of carbonyl (C=O) groups excluding carboxylic acids is 1. The Labute approximate surface area is 143 Å². The maximum Gasteiger partial charge on any atom is 0.220 e. The van der Waals surface area contributed by atoms with Crippen LogP contribution in [0.4, 0.5) is 0 Å². The van der Waals surface area contributed by atoms with Crippen LogP contribution in [-0.2, 0) is 11.2 Å². The van der Waals surface area contributed by atoms with E-state index in [0.717, 1.165) is 57.4 Å². The molecule has 5 nitrogen and oxygen atoms in total. The molecule has 0 atom stereocenters. The number of aliphatic hydroxyl groups is 1. The lowest BCUT2D eigenvalue weighted by atomic mass is 10.1. The van der Waals surface area contributed by atoms with Crippen molar-refractivity contribution in [1.82, 2.24) is 15.2 Å². The Morgan fingerprint density at radius 2 is 2.12 bits per heavy atom. The van der Waals surface area contributed by atoms with Crippen molar-refractivity contribution in [2.75, 3.05) is 26.2 Å². The van der Waals surface area contributed by atoms with Crippen molar-refractivity contribution < 1.29 is 9.90 Å². The number of nitrogens with one attached hydrogen (secondary N) is 2. The maximum absolute atomic E-state index is 12.0. The van der Waals surface area contributed by atoms with Gasteiger partial charge in [-0.05, 0) is 61.4 Å². The Kier molecular flexibility index (Phi) is 5.88. The molecule has 0 unspecified atom stereocenters. The lowest BCUT2D eigenvalue weighted by molar-refractivity contribution is -0.121. The molecule has 0 radical (unpaired) electrons. The third kappa shape index (κ3) is 4.82. The van der Waals surface area contributed by atoms with E-state index >= 15 is 0 Å². The van der Waals surface area contributed by atoms with Crippen molar-refractivity contribution >= 4 is 16.8 Å². The van der Waals surface area contributed by atoms with Crippen LogP contribution >= 0.6 is 0 Å². The van der Waals surface area contributed by atoms with Crippen molar-refractivity contribution in [2.45, 2.75) is 38.2 Å². The Morgan fingerprint density at radius 3 is 2.96 bits per heavy atom. The standard InChI is InChI=1S/C19H27N3O2/c23-17-7-12-22(13-8-17)11-1-9-21-19(24)5-3-15-2-4-18-16(14-15)6-10-20-18/h2,4,6,10,14,17,20,23H,1,3,5,7-9,11-13H2,(H,21,24). The Balaban J connectivity index is 1.31. The van der Waals surface area contributed by atoms with Gasteiger partial charge in [-0.2, -0.15) is 0 Å². The Morgan fingerprint density at radius 1 is 1.29 bits per heavy atom. The minimum atomic E-state index is -0.119. The number of carbonyl (C=O) groups is 1. The highest BCUT2D eigenvalue weighted by molar-refractivity contribution is 5.80. The highest BCUT2D eigenvalue weighted by Gasteiger charge is 2.16. The first-order chi connectivity index (χ1) is 11.7. The highest BCUT2D eigenvalue weighted by Crippen LogP contribution is 2.15. The summed E-state index contributed by atoms with van der Waals surface area (Å²) in [5, 5.41) is 13.7. The minimum absolute atomic E-state index is 0.119. The van der Waals surface area contributed by atoms with Gasteiger partial charge in [-0.3, -0.25) is 4.79 Å². The minimum Gasteiger partial charge on any atom is -0.393 e. The topological polar surface area (TPSA) is 68.4 Å². The van der Waals surface area contributed by atoms with Gasteiger partial charge in [-0.15, -0.1) is 0 Å². The lowest BCUT2D eigenvalue weighted by Gasteiger charge is -2.29. The summed E-state index contributed by atoms with van der Waals surface area (Å²) in [6.45, 7) is 3.67. The second-order valence-electron chi connectivity index (χ2n) is 6.68. The zero-order valence-electron chi connectivity index (χ0n) is 14.1. The van der Waals surface area contributed by atoms with Crippen LogP contribution in [0.3, 0.4) is 0 Å². The number of hydrogen-bond acceptors (Lipinski definition) is 3. The smallest absolute Gasteiger partial charge is 0.220 e. The van der Waals surface area contributed by atoms with Crippen LogP contribution in [0, 0.1) is 0 Å². The summed E-state index contributed by atoms with van der Waals surface area (Å²) in [4.78, 5) is 17.5. The molecule has 1 aliphatic heterocycles. The number of piperidine rings is 1. The molecule has 0 aliphatic carbocycles. The molecule has 5 heteroatoms. The Bertz CT molecular complexity index is 659. The number of aromatic amines is 1. The molecule has 0 spiro atoms. The summed E-state index contributed by atoms with van der Waals surface area (Å²) in [5.74, 6) is 0.123. The molecule has 2 aromatic rings. The Hall–Kier alpha value is -1.85.